The van der Waals surface area contributed by atoms with Gasteiger partial charge in [0, 0.05) is 31.8 Å². The van der Waals surface area contributed by atoms with Crippen LogP contribution in [0, 0.1) is 0 Å². The Morgan fingerprint density at radius 1 is 1.47 bits per heavy atom. The molecule has 2 N–H and O–H groups in total. The van der Waals surface area contributed by atoms with Gasteiger partial charge in [0.05, 0.1) is 12.2 Å². The van der Waals surface area contributed by atoms with E-state index in [2.05, 4.69) is 18.7 Å². The Hall–Kier alpha value is -0.160. The number of piperidine rings is 1. The highest BCUT2D eigenvalue weighted by atomic mass is 16.5. The van der Waals surface area contributed by atoms with E-state index in [9.17, 15) is 0 Å². The summed E-state index contributed by atoms with van der Waals surface area (Å²) in [5, 5.41) is 0. The Kier molecular flexibility index (Phi) is 5.63. The Morgan fingerprint density at radius 2 is 2.32 bits per heavy atom. The Morgan fingerprint density at radius 3 is 3.00 bits per heavy atom. The van der Waals surface area contributed by atoms with Crippen molar-refractivity contribution in [1.29, 1.82) is 0 Å². The van der Waals surface area contributed by atoms with Gasteiger partial charge in [-0.3, -0.25) is 4.90 Å². The lowest BCUT2D eigenvalue weighted by Gasteiger charge is -2.50. The minimum Gasteiger partial charge on any atom is -0.378 e. The molecular formula is C15H30N2O2. The molecule has 4 heteroatoms. The van der Waals surface area contributed by atoms with Crippen LogP contribution in [0.3, 0.4) is 0 Å². The third-order valence-electron chi connectivity index (χ3n) is 4.62. The molecule has 2 aliphatic rings. The fourth-order valence-electron chi connectivity index (χ4n) is 3.54. The van der Waals surface area contributed by atoms with Crippen LogP contribution in [0.1, 0.15) is 46.0 Å². The summed E-state index contributed by atoms with van der Waals surface area (Å²) in [7, 11) is 0. The van der Waals surface area contributed by atoms with Crippen molar-refractivity contribution in [2.24, 2.45) is 5.73 Å². The van der Waals surface area contributed by atoms with Crippen molar-refractivity contribution in [3.8, 4) is 0 Å². The minimum atomic E-state index is 0.145. The average molecular weight is 270 g/mol. The topological polar surface area (TPSA) is 47.7 Å². The number of likely N-dealkylation sites (tertiary alicyclic amines) is 1. The summed E-state index contributed by atoms with van der Waals surface area (Å²) in [4.78, 5) is 2.59. The summed E-state index contributed by atoms with van der Waals surface area (Å²) in [6, 6.07) is 0. The smallest absolute Gasteiger partial charge is 0.0702 e. The van der Waals surface area contributed by atoms with E-state index in [4.69, 9.17) is 15.2 Å². The molecule has 4 nitrogen and oxygen atoms in total. The normalized spacial score (nSPS) is 37.4. The summed E-state index contributed by atoms with van der Waals surface area (Å²) in [5.74, 6) is 0. The third-order valence-corrected chi connectivity index (χ3v) is 4.62. The first kappa shape index (κ1) is 15.2. The molecule has 0 bridgehead atoms. The molecule has 2 heterocycles. The molecule has 3 unspecified atom stereocenters. The molecule has 0 amide bonds. The number of nitrogens with zero attached hydrogens (tertiary/aromatic N) is 1. The Labute approximate surface area is 117 Å². The van der Waals surface area contributed by atoms with Crippen LogP contribution < -0.4 is 5.73 Å². The molecule has 0 aromatic rings. The van der Waals surface area contributed by atoms with Crippen molar-refractivity contribution < 1.29 is 9.47 Å². The van der Waals surface area contributed by atoms with Crippen LogP contribution in [0.4, 0.5) is 0 Å². The third kappa shape index (κ3) is 3.69. The maximum atomic E-state index is 6.14. The van der Waals surface area contributed by atoms with Crippen molar-refractivity contribution in [2.75, 3.05) is 32.8 Å². The zero-order valence-electron chi connectivity index (χ0n) is 12.6. The Bertz CT molecular complexity index is 275. The SMILES string of the molecule is CCCOC1CCCN(C2(CN)CCOC(C)C2)C1. The van der Waals surface area contributed by atoms with Gasteiger partial charge in [-0.1, -0.05) is 6.92 Å². The first-order valence-corrected chi connectivity index (χ1v) is 7.88. The minimum absolute atomic E-state index is 0.145. The second-order valence-corrected chi connectivity index (χ2v) is 6.15. The van der Waals surface area contributed by atoms with Gasteiger partial charge in [-0.25, -0.2) is 0 Å². The monoisotopic (exact) mass is 270 g/mol. The zero-order chi connectivity index (χ0) is 13.7. The van der Waals surface area contributed by atoms with Crippen LogP contribution in [0.15, 0.2) is 0 Å². The molecule has 0 radical (unpaired) electrons. The van der Waals surface area contributed by atoms with Crippen molar-refractivity contribution in [3.63, 3.8) is 0 Å². The van der Waals surface area contributed by atoms with Crippen LogP contribution in [0.2, 0.25) is 0 Å². The van der Waals surface area contributed by atoms with Gasteiger partial charge in [0.2, 0.25) is 0 Å². The van der Waals surface area contributed by atoms with E-state index in [1.165, 1.54) is 12.8 Å². The van der Waals surface area contributed by atoms with Gasteiger partial charge < -0.3 is 15.2 Å². The molecule has 2 aliphatic heterocycles. The maximum Gasteiger partial charge on any atom is 0.0702 e. The number of hydrogen-bond acceptors (Lipinski definition) is 4. The fraction of sp³-hybridized carbons (Fsp3) is 1.00. The van der Waals surface area contributed by atoms with E-state index in [-0.39, 0.29) is 5.54 Å². The number of hydrogen-bond donors (Lipinski definition) is 1. The second-order valence-electron chi connectivity index (χ2n) is 6.15. The van der Waals surface area contributed by atoms with Crippen LogP contribution in [0.25, 0.3) is 0 Å². The maximum absolute atomic E-state index is 6.14. The first-order valence-electron chi connectivity index (χ1n) is 7.88. The van der Waals surface area contributed by atoms with E-state index in [0.717, 1.165) is 52.1 Å². The van der Waals surface area contributed by atoms with E-state index < -0.39 is 0 Å². The molecule has 0 aromatic carbocycles. The van der Waals surface area contributed by atoms with Gasteiger partial charge in [-0.15, -0.1) is 0 Å². The van der Waals surface area contributed by atoms with Gasteiger partial charge in [-0.05, 0) is 45.6 Å². The van der Waals surface area contributed by atoms with E-state index >= 15 is 0 Å². The molecule has 0 spiro atoms. The van der Waals surface area contributed by atoms with Crippen LogP contribution in [0.5, 0.6) is 0 Å². The molecule has 0 saturated carbocycles. The standard InChI is InChI=1S/C15H30N2O2/c1-3-8-19-14-5-4-7-17(11-14)15(12-16)6-9-18-13(2)10-15/h13-14H,3-12,16H2,1-2H3. The van der Waals surface area contributed by atoms with Crippen LogP contribution in [-0.4, -0.2) is 55.5 Å². The van der Waals surface area contributed by atoms with Gasteiger partial charge in [0.25, 0.3) is 0 Å². The van der Waals surface area contributed by atoms with Crippen LogP contribution in [-0.2, 0) is 9.47 Å². The zero-order valence-corrected chi connectivity index (χ0v) is 12.6. The lowest BCUT2D eigenvalue weighted by Crippen LogP contribution is -2.61. The van der Waals surface area contributed by atoms with Crippen molar-refractivity contribution >= 4 is 0 Å². The van der Waals surface area contributed by atoms with Crippen LogP contribution >= 0.6 is 0 Å². The highest BCUT2D eigenvalue weighted by Crippen LogP contribution is 2.32. The van der Waals surface area contributed by atoms with E-state index in [1.807, 2.05) is 0 Å². The summed E-state index contributed by atoms with van der Waals surface area (Å²) >= 11 is 0. The molecule has 2 fully saturated rings. The summed E-state index contributed by atoms with van der Waals surface area (Å²) < 4.78 is 11.7. The van der Waals surface area contributed by atoms with E-state index in [1.54, 1.807) is 0 Å². The summed E-state index contributed by atoms with van der Waals surface area (Å²) in [5.41, 5.74) is 6.28. The lowest BCUT2D eigenvalue weighted by molar-refractivity contribution is -0.0936. The van der Waals surface area contributed by atoms with Crippen molar-refractivity contribution in [3.05, 3.63) is 0 Å². The predicted octanol–water partition coefficient (Wildman–Crippen LogP) is 1.77. The van der Waals surface area contributed by atoms with Crippen molar-refractivity contribution in [1.82, 2.24) is 4.90 Å². The number of rotatable bonds is 5. The second kappa shape index (κ2) is 7.02. The summed E-state index contributed by atoms with van der Waals surface area (Å²) in [6.45, 7) is 9.00. The van der Waals surface area contributed by atoms with Gasteiger partial charge in [-0.2, -0.15) is 0 Å². The highest BCUT2D eigenvalue weighted by Gasteiger charge is 2.41. The largest absolute Gasteiger partial charge is 0.378 e. The lowest BCUT2D eigenvalue weighted by atomic mass is 9.83. The fourth-order valence-corrected chi connectivity index (χ4v) is 3.54. The molecule has 0 aliphatic carbocycles. The molecule has 3 atom stereocenters. The molecule has 0 aromatic heterocycles. The number of nitrogens with two attached hydrogens (primary N) is 1. The quantitative estimate of drug-likeness (QED) is 0.827. The molecule has 19 heavy (non-hydrogen) atoms. The predicted molar refractivity (Wildman–Crippen MR) is 77.3 cm³/mol. The molecular weight excluding hydrogens is 240 g/mol. The Balaban J connectivity index is 1.97. The molecule has 2 rings (SSSR count). The molecule has 2 saturated heterocycles. The van der Waals surface area contributed by atoms with Gasteiger partial charge in [0.1, 0.15) is 0 Å². The number of ether oxygens (including phenoxy) is 2. The highest BCUT2D eigenvalue weighted by molar-refractivity contribution is 4.97. The summed E-state index contributed by atoms with van der Waals surface area (Å²) in [6.07, 6.45) is 6.38. The average Bonchev–Trinajstić information content (AvgIpc) is 2.45. The van der Waals surface area contributed by atoms with E-state index in [0.29, 0.717) is 12.2 Å². The van der Waals surface area contributed by atoms with Gasteiger partial charge >= 0.3 is 0 Å². The van der Waals surface area contributed by atoms with Crippen molar-refractivity contribution in [2.45, 2.75) is 63.7 Å². The molecule has 112 valence electrons. The first-order chi connectivity index (χ1) is 9.20. The van der Waals surface area contributed by atoms with Gasteiger partial charge in [0.15, 0.2) is 0 Å².